The lowest BCUT2D eigenvalue weighted by Crippen LogP contribution is -2.45. The number of pyridine rings is 1. The maximum atomic E-state index is 9.32. The highest BCUT2D eigenvalue weighted by molar-refractivity contribution is 5.09. The van der Waals surface area contributed by atoms with Crippen molar-refractivity contribution in [3.05, 3.63) is 30.1 Å². The van der Waals surface area contributed by atoms with Crippen LogP contribution in [0.1, 0.15) is 18.9 Å². The van der Waals surface area contributed by atoms with Gasteiger partial charge in [-0.25, -0.2) is 0 Å². The molecule has 0 bridgehead atoms. The van der Waals surface area contributed by atoms with Gasteiger partial charge in [-0.3, -0.25) is 4.98 Å². The van der Waals surface area contributed by atoms with Crippen LogP contribution in [0.3, 0.4) is 0 Å². The quantitative estimate of drug-likeness (QED) is 0.721. The minimum absolute atomic E-state index is 0.168. The highest BCUT2D eigenvalue weighted by Gasteiger charge is 2.20. The molecule has 0 aromatic carbocycles. The van der Waals surface area contributed by atoms with E-state index in [1.54, 1.807) is 0 Å². The predicted molar refractivity (Wildman–Crippen MR) is 74.6 cm³/mol. The van der Waals surface area contributed by atoms with Gasteiger partial charge in [0.1, 0.15) is 0 Å². The van der Waals surface area contributed by atoms with Crippen molar-refractivity contribution >= 4 is 0 Å². The monoisotopic (exact) mass is 251 g/mol. The third-order valence-electron chi connectivity index (χ3n) is 3.53. The summed E-state index contributed by atoms with van der Waals surface area (Å²) < 4.78 is 0. The first-order valence-corrected chi connectivity index (χ1v) is 6.47. The number of hydrogen-bond acceptors (Lipinski definition) is 4. The largest absolute Gasteiger partial charge is 0.394 e. The maximum absolute atomic E-state index is 9.32. The summed E-state index contributed by atoms with van der Waals surface area (Å²) in [5.74, 6) is 0. The van der Waals surface area contributed by atoms with E-state index in [-0.39, 0.29) is 12.1 Å². The van der Waals surface area contributed by atoms with Gasteiger partial charge in [0, 0.05) is 24.5 Å². The molecule has 0 aliphatic carbocycles. The molecule has 1 aromatic rings. The molecule has 0 aliphatic heterocycles. The zero-order valence-electron chi connectivity index (χ0n) is 11.7. The van der Waals surface area contributed by atoms with Crippen molar-refractivity contribution in [3.8, 4) is 0 Å². The van der Waals surface area contributed by atoms with Crippen LogP contribution < -0.4 is 5.32 Å². The Labute approximate surface area is 110 Å². The summed E-state index contributed by atoms with van der Waals surface area (Å²) in [6.45, 7) is 4.21. The molecule has 4 heteroatoms. The van der Waals surface area contributed by atoms with Gasteiger partial charge in [-0.05, 0) is 58.1 Å². The van der Waals surface area contributed by atoms with Crippen molar-refractivity contribution in [3.63, 3.8) is 0 Å². The van der Waals surface area contributed by atoms with Crippen molar-refractivity contribution < 1.29 is 5.11 Å². The van der Waals surface area contributed by atoms with Crippen LogP contribution in [-0.4, -0.2) is 54.3 Å². The molecule has 1 heterocycles. The summed E-state index contributed by atoms with van der Waals surface area (Å²) in [5, 5.41) is 12.5. The van der Waals surface area contributed by atoms with Crippen molar-refractivity contribution in [1.82, 2.24) is 15.2 Å². The number of aliphatic hydroxyl groups is 1. The molecule has 0 saturated carbocycles. The summed E-state index contributed by atoms with van der Waals surface area (Å²) >= 11 is 0. The average molecular weight is 251 g/mol. The lowest BCUT2D eigenvalue weighted by molar-refractivity contribution is 0.159. The fourth-order valence-corrected chi connectivity index (χ4v) is 1.70. The number of aliphatic hydroxyl groups excluding tert-OH is 1. The zero-order valence-corrected chi connectivity index (χ0v) is 11.7. The Morgan fingerprint density at radius 3 is 2.56 bits per heavy atom. The summed E-state index contributed by atoms with van der Waals surface area (Å²) in [5.41, 5.74) is 1.14. The lowest BCUT2D eigenvalue weighted by atomic mass is 9.99. The molecular formula is C14H25N3O. The first-order valence-electron chi connectivity index (χ1n) is 6.47. The molecule has 1 aromatic heterocycles. The van der Waals surface area contributed by atoms with Gasteiger partial charge in [0.2, 0.25) is 0 Å². The van der Waals surface area contributed by atoms with Crippen LogP contribution in [0.15, 0.2) is 24.5 Å². The van der Waals surface area contributed by atoms with Crippen LogP contribution in [0.25, 0.3) is 0 Å². The van der Waals surface area contributed by atoms with Crippen LogP contribution in [0, 0.1) is 0 Å². The molecule has 2 N–H and O–H groups in total. The first kappa shape index (κ1) is 15.1. The van der Waals surface area contributed by atoms with Crippen LogP contribution >= 0.6 is 0 Å². The van der Waals surface area contributed by atoms with Crippen LogP contribution in [0.5, 0.6) is 0 Å². The topological polar surface area (TPSA) is 48.4 Å². The van der Waals surface area contributed by atoms with E-state index in [4.69, 9.17) is 0 Å². The van der Waals surface area contributed by atoms with Crippen molar-refractivity contribution in [2.45, 2.75) is 25.3 Å². The van der Waals surface area contributed by atoms with Gasteiger partial charge in [-0.1, -0.05) is 0 Å². The highest BCUT2D eigenvalue weighted by Crippen LogP contribution is 2.08. The van der Waals surface area contributed by atoms with Gasteiger partial charge in [0.25, 0.3) is 0 Å². The Hall–Kier alpha value is -0.970. The molecule has 0 fully saturated rings. The molecule has 0 aliphatic rings. The van der Waals surface area contributed by atoms with E-state index in [0.717, 1.165) is 25.9 Å². The summed E-state index contributed by atoms with van der Waals surface area (Å²) in [6.07, 6.45) is 5.64. The Bertz CT molecular complexity index is 325. The number of aromatic nitrogens is 1. The third kappa shape index (κ3) is 5.12. The summed E-state index contributed by atoms with van der Waals surface area (Å²) in [7, 11) is 4.02. The van der Waals surface area contributed by atoms with Crippen LogP contribution in [-0.2, 0) is 6.42 Å². The van der Waals surface area contributed by atoms with E-state index in [9.17, 15) is 5.11 Å². The van der Waals surface area contributed by atoms with Gasteiger partial charge < -0.3 is 15.3 Å². The molecule has 102 valence electrons. The second-order valence-electron chi connectivity index (χ2n) is 5.13. The van der Waals surface area contributed by atoms with E-state index in [0.29, 0.717) is 0 Å². The number of nitrogens with one attached hydrogen (secondary N) is 1. The normalized spacial score (nSPS) is 14.7. The maximum Gasteiger partial charge on any atom is 0.0610 e. The third-order valence-corrected chi connectivity index (χ3v) is 3.53. The van der Waals surface area contributed by atoms with Crippen LogP contribution in [0.4, 0.5) is 0 Å². The van der Waals surface area contributed by atoms with E-state index < -0.39 is 0 Å². The molecule has 1 rings (SSSR count). The fourth-order valence-electron chi connectivity index (χ4n) is 1.70. The molecular weight excluding hydrogens is 226 g/mol. The Morgan fingerprint density at radius 1 is 1.33 bits per heavy atom. The van der Waals surface area contributed by atoms with E-state index in [2.05, 4.69) is 34.4 Å². The molecule has 1 atom stereocenters. The van der Waals surface area contributed by atoms with Gasteiger partial charge in [-0.15, -0.1) is 0 Å². The van der Waals surface area contributed by atoms with Gasteiger partial charge in [0.05, 0.1) is 6.61 Å². The second kappa shape index (κ2) is 7.46. The second-order valence-corrected chi connectivity index (χ2v) is 5.13. The number of nitrogens with zero attached hydrogens (tertiary/aromatic N) is 2. The first-order chi connectivity index (χ1) is 8.59. The van der Waals surface area contributed by atoms with Crippen molar-refractivity contribution in [1.29, 1.82) is 0 Å². The number of likely N-dealkylation sites (N-methyl/N-ethyl adjacent to an activating group) is 2. The Kier molecular flexibility index (Phi) is 6.25. The van der Waals surface area contributed by atoms with Crippen LogP contribution in [0.2, 0.25) is 0 Å². The molecule has 0 spiro atoms. The summed E-state index contributed by atoms with van der Waals surface area (Å²) in [6, 6.07) is 4.11. The number of rotatable bonds is 8. The molecule has 0 amide bonds. The lowest BCUT2D eigenvalue weighted by Gasteiger charge is -2.29. The van der Waals surface area contributed by atoms with E-state index >= 15 is 0 Å². The molecule has 18 heavy (non-hydrogen) atoms. The molecule has 4 nitrogen and oxygen atoms in total. The minimum Gasteiger partial charge on any atom is -0.394 e. The number of hydrogen-bond donors (Lipinski definition) is 2. The Balaban J connectivity index is 2.28. The van der Waals surface area contributed by atoms with Gasteiger partial charge in [0.15, 0.2) is 0 Å². The highest BCUT2D eigenvalue weighted by atomic mass is 16.3. The van der Waals surface area contributed by atoms with Gasteiger partial charge in [-0.2, -0.15) is 0 Å². The minimum atomic E-state index is -0.176. The van der Waals surface area contributed by atoms with E-state index in [1.807, 2.05) is 26.4 Å². The standard InChI is InChI=1S/C14H25N3O/c1-14(12-18,15-2)7-11-17(3)10-6-13-4-8-16-9-5-13/h4-5,8-9,15,18H,6-7,10-12H2,1-3H3. The SMILES string of the molecule is CNC(C)(CO)CCN(C)CCc1ccncc1. The van der Waals surface area contributed by atoms with Gasteiger partial charge >= 0.3 is 0 Å². The van der Waals surface area contributed by atoms with E-state index in [1.165, 1.54) is 5.56 Å². The van der Waals surface area contributed by atoms with Crippen molar-refractivity contribution in [2.24, 2.45) is 0 Å². The zero-order chi connectivity index (χ0) is 13.4. The Morgan fingerprint density at radius 2 is 2.00 bits per heavy atom. The predicted octanol–water partition coefficient (Wildman–Crippen LogP) is 0.916. The van der Waals surface area contributed by atoms with Crippen molar-refractivity contribution in [2.75, 3.05) is 33.8 Å². The fraction of sp³-hybridized carbons (Fsp3) is 0.643. The molecule has 0 saturated heterocycles. The molecule has 1 unspecified atom stereocenters. The summed E-state index contributed by atoms with van der Waals surface area (Å²) in [4.78, 5) is 6.31. The smallest absolute Gasteiger partial charge is 0.0610 e. The average Bonchev–Trinajstić information content (AvgIpc) is 2.43. The molecule has 0 radical (unpaired) electrons.